The maximum atomic E-state index is 5.65. The number of hydrogen-bond donors (Lipinski definition) is 2. The first kappa shape index (κ1) is 11.4. The molecule has 0 aliphatic rings. The Bertz CT molecular complexity index is 703. The van der Waals surface area contributed by atoms with Gasteiger partial charge in [-0.1, -0.05) is 22.0 Å². The van der Waals surface area contributed by atoms with Crippen LogP contribution in [-0.4, -0.2) is 9.97 Å². The van der Waals surface area contributed by atoms with Gasteiger partial charge in [0.2, 0.25) is 0 Å². The largest absolute Gasteiger partial charge is 0.353 e. The van der Waals surface area contributed by atoms with Crippen LogP contribution in [0.3, 0.4) is 0 Å². The van der Waals surface area contributed by atoms with Crippen molar-refractivity contribution in [1.29, 1.82) is 0 Å². The van der Waals surface area contributed by atoms with E-state index < -0.39 is 0 Å². The van der Waals surface area contributed by atoms with Gasteiger partial charge in [0.15, 0.2) is 0 Å². The third kappa shape index (κ3) is 2.05. The number of H-pyrrole nitrogens is 1. The first-order valence-corrected chi connectivity index (χ1v) is 6.49. The van der Waals surface area contributed by atoms with Gasteiger partial charge in [-0.2, -0.15) is 0 Å². The number of rotatable bonds is 2. The molecule has 3 N–H and O–H groups in total. The molecule has 2 heterocycles. The fourth-order valence-electron chi connectivity index (χ4n) is 1.99. The number of hydrogen-bond acceptors (Lipinski definition) is 2. The minimum absolute atomic E-state index is 0.529. The van der Waals surface area contributed by atoms with Crippen molar-refractivity contribution < 1.29 is 0 Å². The fourth-order valence-corrected chi connectivity index (χ4v) is 2.35. The first-order valence-electron chi connectivity index (χ1n) is 5.70. The summed E-state index contributed by atoms with van der Waals surface area (Å²) in [6.07, 6.45) is 1.79. The lowest BCUT2D eigenvalue weighted by Crippen LogP contribution is -1.97. The van der Waals surface area contributed by atoms with Gasteiger partial charge < -0.3 is 10.7 Å². The number of nitrogens with one attached hydrogen (secondary N) is 1. The van der Waals surface area contributed by atoms with E-state index in [4.69, 9.17) is 5.73 Å². The number of aromatic amines is 1. The molecule has 0 bridgehead atoms. The number of fused-ring (bicyclic) bond motifs is 1. The number of halogens is 1. The van der Waals surface area contributed by atoms with Crippen LogP contribution in [0.25, 0.3) is 22.3 Å². The Hall–Kier alpha value is -1.65. The average Bonchev–Trinajstić information content (AvgIpc) is 2.81. The average molecular weight is 302 g/mol. The van der Waals surface area contributed by atoms with Crippen LogP contribution in [0, 0.1) is 0 Å². The van der Waals surface area contributed by atoms with Crippen molar-refractivity contribution in [1.82, 2.24) is 9.97 Å². The Balaban J connectivity index is 2.13. The van der Waals surface area contributed by atoms with Gasteiger partial charge in [-0.15, -0.1) is 0 Å². The quantitative estimate of drug-likeness (QED) is 0.762. The first-order chi connectivity index (χ1) is 8.76. The Morgan fingerprint density at radius 3 is 2.89 bits per heavy atom. The summed E-state index contributed by atoms with van der Waals surface area (Å²) in [6, 6.07) is 12.2. The summed E-state index contributed by atoms with van der Waals surface area (Å²) in [5.41, 5.74) is 9.76. The van der Waals surface area contributed by atoms with Crippen molar-refractivity contribution in [2.24, 2.45) is 5.73 Å². The van der Waals surface area contributed by atoms with E-state index in [1.54, 1.807) is 6.20 Å². The van der Waals surface area contributed by atoms with Gasteiger partial charge in [0, 0.05) is 28.1 Å². The zero-order valence-corrected chi connectivity index (χ0v) is 11.2. The van der Waals surface area contributed by atoms with Crippen LogP contribution in [0.2, 0.25) is 0 Å². The summed E-state index contributed by atoms with van der Waals surface area (Å²) in [5, 5.41) is 1.17. The van der Waals surface area contributed by atoms with Crippen LogP contribution in [-0.2, 0) is 6.54 Å². The van der Waals surface area contributed by atoms with Crippen LogP contribution in [0.1, 0.15) is 5.56 Å². The number of benzene rings is 1. The molecule has 3 nitrogen and oxygen atoms in total. The van der Waals surface area contributed by atoms with E-state index in [0.29, 0.717) is 6.54 Å². The highest BCUT2D eigenvalue weighted by atomic mass is 79.9. The highest BCUT2D eigenvalue weighted by molar-refractivity contribution is 9.10. The highest BCUT2D eigenvalue weighted by Gasteiger charge is 2.05. The monoisotopic (exact) mass is 301 g/mol. The van der Waals surface area contributed by atoms with Crippen LogP contribution in [0.15, 0.2) is 47.1 Å². The van der Waals surface area contributed by atoms with Crippen LogP contribution < -0.4 is 5.73 Å². The Labute approximate surface area is 113 Å². The predicted octanol–water partition coefficient (Wildman–Crippen LogP) is 3.45. The second-order valence-corrected chi connectivity index (χ2v) is 5.08. The molecule has 3 aromatic rings. The van der Waals surface area contributed by atoms with Crippen LogP contribution in [0.4, 0.5) is 0 Å². The Kier molecular flexibility index (Phi) is 2.89. The molecule has 1 aromatic carbocycles. The number of aromatic nitrogens is 2. The van der Waals surface area contributed by atoms with Gasteiger partial charge in [-0.3, -0.25) is 4.98 Å². The minimum atomic E-state index is 0.529. The van der Waals surface area contributed by atoms with Crippen molar-refractivity contribution in [2.75, 3.05) is 0 Å². The number of nitrogens with two attached hydrogens (primary N) is 1. The summed E-state index contributed by atoms with van der Waals surface area (Å²) >= 11 is 3.47. The van der Waals surface area contributed by atoms with Crippen molar-refractivity contribution in [3.63, 3.8) is 0 Å². The molecule has 18 heavy (non-hydrogen) atoms. The normalized spacial score (nSPS) is 11.0. The lowest BCUT2D eigenvalue weighted by Gasteiger charge is -1.99. The molecular weight excluding hydrogens is 290 g/mol. The molecular formula is C14H12BrN3. The van der Waals surface area contributed by atoms with E-state index in [2.05, 4.69) is 44.1 Å². The molecule has 0 amide bonds. The van der Waals surface area contributed by atoms with Crippen molar-refractivity contribution in [2.45, 2.75) is 6.54 Å². The summed E-state index contributed by atoms with van der Waals surface area (Å²) in [4.78, 5) is 7.75. The zero-order valence-electron chi connectivity index (χ0n) is 9.65. The molecule has 90 valence electrons. The maximum Gasteiger partial charge on any atom is 0.0867 e. The zero-order chi connectivity index (χ0) is 12.5. The van der Waals surface area contributed by atoms with Gasteiger partial charge in [-0.25, -0.2) is 0 Å². The number of nitrogens with zero attached hydrogens (tertiary/aromatic N) is 1. The van der Waals surface area contributed by atoms with Crippen LogP contribution >= 0.6 is 15.9 Å². The minimum Gasteiger partial charge on any atom is -0.353 e. The van der Waals surface area contributed by atoms with Gasteiger partial charge >= 0.3 is 0 Å². The topological polar surface area (TPSA) is 54.7 Å². The van der Waals surface area contributed by atoms with Crippen molar-refractivity contribution >= 4 is 26.8 Å². The third-order valence-corrected chi connectivity index (χ3v) is 3.41. The molecule has 0 unspecified atom stereocenters. The second-order valence-electron chi connectivity index (χ2n) is 4.17. The molecule has 0 spiro atoms. The summed E-state index contributed by atoms with van der Waals surface area (Å²) < 4.78 is 1.06. The molecule has 0 saturated carbocycles. The summed E-state index contributed by atoms with van der Waals surface area (Å²) in [7, 11) is 0. The molecule has 0 fully saturated rings. The second kappa shape index (κ2) is 4.55. The number of pyridine rings is 1. The molecule has 3 rings (SSSR count). The van der Waals surface area contributed by atoms with E-state index in [1.807, 2.05) is 18.2 Å². The predicted molar refractivity (Wildman–Crippen MR) is 77.1 cm³/mol. The molecule has 2 aromatic heterocycles. The molecule has 4 heteroatoms. The van der Waals surface area contributed by atoms with Gasteiger partial charge in [-0.05, 0) is 35.9 Å². The van der Waals surface area contributed by atoms with E-state index in [1.165, 1.54) is 5.39 Å². The fraction of sp³-hybridized carbons (Fsp3) is 0.0714. The molecule has 0 aliphatic heterocycles. The molecule has 0 atom stereocenters. The van der Waals surface area contributed by atoms with Crippen molar-refractivity contribution in [3.05, 3.63) is 52.6 Å². The Morgan fingerprint density at radius 1 is 1.17 bits per heavy atom. The molecule has 0 saturated heterocycles. The third-order valence-electron chi connectivity index (χ3n) is 2.92. The lowest BCUT2D eigenvalue weighted by atomic mass is 10.2. The van der Waals surface area contributed by atoms with E-state index in [0.717, 1.165) is 26.9 Å². The smallest absolute Gasteiger partial charge is 0.0867 e. The lowest BCUT2D eigenvalue weighted by molar-refractivity contribution is 1.06. The van der Waals surface area contributed by atoms with Gasteiger partial charge in [0.25, 0.3) is 0 Å². The highest BCUT2D eigenvalue weighted by Crippen LogP contribution is 2.25. The van der Waals surface area contributed by atoms with Gasteiger partial charge in [0.1, 0.15) is 0 Å². The van der Waals surface area contributed by atoms with E-state index in [9.17, 15) is 0 Å². The SMILES string of the molecule is NCc1ccnc(-c2cc3ccc(Br)cc3[nH]2)c1. The molecule has 0 aliphatic carbocycles. The standard InChI is InChI=1S/C14H12BrN3/c15-11-2-1-10-6-14(18-12(10)7-11)13-5-9(8-16)3-4-17-13/h1-7,18H,8,16H2. The molecule has 0 radical (unpaired) electrons. The van der Waals surface area contributed by atoms with E-state index >= 15 is 0 Å². The maximum absolute atomic E-state index is 5.65. The Morgan fingerprint density at radius 2 is 2.06 bits per heavy atom. The van der Waals surface area contributed by atoms with E-state index in [-0.39, 0.29) is 0 Å². The van der Waals surface area contributed by atoms with Crippen LogP contribution in [0.5, 0.6) is 0 Å². The van der Waals surface area contributed by atoms with Gasteiger partial charge in [0.05, 0.1) is 11.4 Å². The van der Waals surface area contributed by atoms with Crippen molar-refractivity contribution in [3.8, 4) is 11.4 Å². The summed E-state index contributed by atoms with van der Waals surface area (Å²) in [5.74, 6) is 0. The summed E-state index contributed by atoms with van der Waals surface area (Å²) in [6.45, 7) is 0.529.